The highest BCUT2D eigenvalue weighted by Gasteiger charge is 2.30. The molecular weight excluding hydrogens is 358 g/mol. The lowest BCUT2D eigenvalue weighted by Crippen LogP contribution is -2.30. The number of hydrogen-bond donors (Lipinski definition) is 1. The van der Waals surface area contributed by atoms with Gasteiger partial charge in [0.1, 0.15) is 11.6 Å². The molecule has 0 radical (unpaired) electrons. The molecule has 1 aliphatic carbocycles. The predicted octanol–water partition coefficient (Wildman–Crippen LogP) is 5.21. The fourth-order valence-corrected chi connectivity index (χ4v) is 4.78. The van der Waals surface area contributed by atoms with Gasteiger partial charge in [-0.2, -0.15) is 0 Å². The Morgan fingerprint density at radius 3 is 2.34 bits per heavy atom. The fourth-order valence-electron chi connectivity index (χ4n) is 4.78. The number of carbonyl (C=O) groups is 2. The number of benzene rings is 2. The van der Waals surface area contributed by atoms with Crippen LogP contribution < -0.4 is 5.32 Å². The third-order valence-corrected chi connectivity index (χ3v) is 6.51. The van der Waals surface area contributed by atoms with E-state index in [-0.39, 0.29) is 23.5 Å². The van der Waals surface area contributed by atoms with E-state index in [1.54, 1.807) is 0 Å². The molecule has 0 amide bonds. The maximum Gasteiger partial charge on any atom is 0.139 e. The molecule has 1 unspecified atom stereocenters. The molecule has 0 aliphatic heterocycles. The Kier molecular flexibility index (Phi) is 7.60. The van der Waals surface area contributed by atoms with E-state index in [1.165, 1.54) is 10.8 Å². The number of Topliss-reactive ketones (excluding diaryl/α,β-unsaturated/α-hetero) is 2. The van der Waals surface area contributed by atoms with Gasteiger partial charge < -0.3 is 5.32 Å². The van der Waals surface area contributed by atoms with Crippen LogP contribution in [0.2, 0.25) is 0 Å². The van der Waals surface area contributed by atoms with E-state index in [0.717, 1.165) is 37.8 Å². The molecule has 0 aromatic heterocycles. The number of fused-ring (bicyclic) bond motifs is 1. The Morgan fingerprint density at radius 1 is 1.00 bits per heavy atom. The van der Waals surface area contributed by atoms with Crippen LogP contribution in [-0.4, -0.2) is 25.2 Å². The number of rotatable bonds is 9. The molecule has 0 spiro atoms. The summed E-state index contributed by atoms with van der Waals surface area (Å²) in [6.45, 7) is 4.93. The van der Waals surface area contributed by atoms with Crippen LogP contribution >= 0.6 is 0 Å². The predicted molar refractivity (Wildman–Crippen MR) is 120 cm³/mol. The van der Waals surface area contributed by atoms with E-state index in [2.05, 4.69) is 35.6 Å². The van der Waals surface area contributed by atoms with E-state index in [1.807, 2.05) is 33.0 Å². The fraction of sp³-hybridized carbons (Fsp3) is 0.538. The average Bonchev–Trinajstić information content (AvgIpc) is 2.73. The van der Waals surface area contributed by atoms with Gasteiger partial charge in [-0.3, -0.25) is 9.59 Å². The first-order valence-corrected chi connectivity index (χ1v) is 11.2. The van der Waals surface area contributed by atoms with E-state index >= 15 is 0 Å². The quantitative estimate of drug-likeness (QED) is 0.636. The van der Waals surface area contributed by atoms with Crippen LogP contribution in [0.4, 0.5) is 0 Å². The van der Waals surface area contributed by atoms with Crippen LogP contribution in [0.15, 0.2) is 42.5 Å². The third-order valence-electron chi connectivity index (χ3n) is 6.51. The van der Waals surface area contributed by atoms with Gasteiger partial charge in [0.15, 0.2) is 0 Å². The van der Waals surface area contributed by atoms with Crippen molar-refractivity contribution >= 4 is 22.3 Å². The van der Waals surface area contributed by atoms with Crippen LogP contribution in [0.25, 0.3) is 10.8 Å². The molecule has 156 valence electrons. The summed E-state index contributed by atoms with van der Waals surface area (Å²) in [4.78, 5) is 25.9. The molecule has 0 saturated heterocycles. The second kappa shape index (κ2) is 10.2. The van der Waals surface area contributed by atoms with Gasteiger partial charge >= 0.3 is 0 Å². The number of ketones is 2. The normalized spacial score (nSPS) is 20.7. The molecule has 1 fully saturated rings. The topological polar surface area (TPSA) is 46.2 Å². The average molecular weight is 394 g/mol. The minimum atomic E-state index is -0.210. The smallest absolute Gasteiger partial charge is 0.139 e. The first kappa shape index (κ1) is 21.7. The monoisotopic (exact) mass is 393 g/mol. The summed E-state index contributed by atoms with van der Waals surface area (Å²) in [7, 11) is 1.99. The summed E-state index contributed by atoms with van der Waals surface area (Å²) >= 11 is 0. The van der Waals surface area contributed by atoms with Gasteiger partial charge in [0.25, 0.3) is 0 Å². The van der Waals surface area contributed by atoms with Crippen molar-refractivity contribution in [3.05, 3.63) is 48.0 Å². The van der Waals surface area contributed by atoms with Crippen molar-refractivity contribution in [3.63, 3.8) is 0 Å². The van der Waals surface area contributed by atoms with Crippen LogP contribution in [0.1, 0.15) is 51.5 Å². The molecule has 0 bridgehead atoms. The standard InChI is InChI=1S/C26H35NO2/c1-18(2)26(29)24(15-20-10-11-21-6-4-5-7-23(21)14-20)16-25(28)22-12-8-19(9-13-22)17-27-3/h4-7,10-11,14,18-19,22,24,27H,8-9,12-13,15-17H2,1-3H3. The van der Waals surface area contributed by atoms with Crippen molar-refractivity contribution in [2.75, 3.05) is 13.6 Å². The van der Waals surface area contributed by atoms with Gasteiger partial charge in [0.2, 0.25) is 0 Å². The van der Waals surface area contributed by atoms with E-state index in [4.69, 9.17) is 0 Å². The zero-order valence-electron chi connectivity index (χ0n) is 18.1. The third kappa shape index (κ3) is 5.76. The lowest BCUT2D eigenvalue weighted by molar-refractivity contribution is -0.132. The maximum atomic E-state index is 13.0. The van der Waals surface area contributed by atoms with Crippen molar-refractivity contribution in [2.24, 2.45) is 23.7 Å². The van der Waals surface area contributed by atoms with Gasteiger partial charge in [-0.1, -0.05) is 56.3 Å². The summed E-state index contributed by atoms with van der Waals surface area (Å²) in [5, 5.41) is 5.65. The molecule has 3 heteroatoms. The number of nitrogens with one attached hydrogen (secondary N) is 1. The SMILES string of the molecule is CNCC1CCC(C(=O)CC(Cc2ccc3ccccc3c2)C(=O)C(C)C)CC1. The zero-order chi connectivity index (χ0) is 20.8. The molecule has 1 saturated carbocycles. The Hall–Kier alpha value is -2.00. The molecule has 2 aromatic rings. The minimum Gasteiger partial charge on any atom is -0.319 e. The number of carbonyl (C=O) groups excluding carboxylic acids is 2. The van der Waals surface area contributed by atoms with E-state index in [0.29, 0.717) is 24.5 Å². The molecule has 2 aromatic carbocycles. The Morgan fingerprint density at radius 2 is 1.69 bits per heavy atom. The van der Waals surface area contributed by atoms with Crippen LogP contribution in [0.3, 0.4) is 0 Å². The van der Waals surface area contributed by atoms with Gasteiger partial charge in [-0.05, 0) is 68.0 Å². The van der Waals surface area contributed by atoms with Crippen LogP contribution in [0, 0.1) is 23.7 Å². The van der Waals surface area contributed by atoms with Crippen molar-refractivity contribution in [2.45, 2.75) is 52.4 Å². The van der Waals surface area contributed by atoms with Crippen molar-refractivity contribution < 1.29 is 9.59 Å². The van der Waals surface area contributed by atoms with Crippen molar-refractivity contribution in [3.8, 4) is 0 Å². The highest BCUT2D eigenvalue weighted by atomic mass is 16.1. The van der Waals surface area contributed by atoms with E-state index in [9.17, 15) is 9.59 Å². The first-order valence-electron chi connectivity index (χ1n) is 11.2. The summed E-state index contributed by atoms with van der Waals surface area (Å²) in [5.41, 5.74) is 1.15. The molecule has 29 heavy (non-hydrogen) atoms. The van der Waals surface area contributed by atoms with E-state index < -0.39 is 0 Å². The summed E-state index contributed by atoms with van der Waals surface area (Å²) < 4.78 is 0. The highest BCUT2D eigenvalue weighted by molar-refractivity contribution is 5.90. The molecule has 3 rings (SSSR count). The Labute approximate surface area is 175 Å². The van der Waals surface area contributed by atoms with Crippen LogP contribution in [-0.2, 0) is 16.0 Å². The second-order valence-electron chi connectivity index (χ2n) is 9.09. The maximum absolute atomic E-state index is 13.0. The molecule has 1 atom stereocenters. The summed E-state index contributed by atoms with van der Waals surface area (Å²) in [5.74, 6) is 1.10. The second-order valence-corrected chi connectivity index (χ2v) is 9.09. The van der Waals surface area contributed by atoms with Crippen molar-refractivity contribution in [1.29, 1.82) is 0 Å². The molecular formula is C26H35NO2. The first-order chi connectivity index (χ1) is 14.0. The lowest BCUT2D eigenvalue weighted by Gasteiger charge is -2.28. The van der Waals surface area contributed by atoms with Crippen LogP contribution in [0.5, 0.6) is 0 Å². The Bertz CT molecular complexity index is 833. The Balaban J connectivity index is 1.68. The van der Waals surface area contributed by atoms with Crippen molar-refractivity contribution in [1.82, 2.24) is 5.32 Å². The van der Waals surface area contributed by atoms with Gasteiger partial charge in [0.05, 0.1) is 0 Å². The largest absolute Gasteiger partial charge is 0.319 e. The summed E-state index contributed by atoms with van der Waals surface area (Å²) in [6.07, 6.45) is 5.23. The summed E-state index contributed by atoms with van der Waals surface area (Å²) in [6, 6.07) is 14.7. The molecule has 3 nitrogen and oxygen atoms in total. The lowest BCUT2D eigenvalue weighted by atomic mass is 9.76. The molecule has 0 heterocycles. The minimum absolute atomic E-state index is 0.0420. The van der Waals surface area contributed by atoms with Gasteiger partial charge in [-0.15, -0.1) is 0 Å². The number of hydrogen-bond acceptors (Lipinski definition) is 3. The van der Waals surface area contributed by atoms with Gasteiger partial charge in [0, 0.05) is 24.2 Å². The highest BCUT2D eigenvalue weighted by Crippen LogP contribution is 2.31. The zero-order valence-corrected chi connectivity index (χ0v) is 18.1. The molecule has 1 aliphatic rings. The molecule has 1 N–H and O–H groups in total. The van der Waals surface area contributed by atoms with Gasteiger partial charge in [-0.25, -0.2) is 0 Å².